The molecule has 0 saturated heterocycles. The van der Waals surface area contributed by atoms with E-state index in [0.717, 1.165) is 12.1 Å². The van der Waals surface area contributed by atoms with Crippen molar-refractivity contribution in [2.45, 2.75) is 12.7 Å². The minimum absolute atomic E-state index is 0.256. The Kier molecular flexibility index (Phi) is 3.25. The van der Waals surface area contributed by atoms with Crippen molar-refractivity contribution in [2.75, 3.05) is 0 Å². The molecule has 2 rings (SSSR count). The normalized spacial score (nSPS) is 12.0. The van der Waals surface area contributed by atoms with Gasteiger partial charge in [0.1, 0.15) is 0 Å². The zero-order valence-corrected chi connectivity index (χ0v) is 10.6. The molecule has 0 atom stereocenters. The lowest BCUT2D eigenvalue weighted by molar-refractivity contribution is -0.137. The van der Waals surface area contributed by atoms with Crippen molar-refractivity contribution < 1.29 is 13.2 Å². The first-order valence-corrected chi connectivity index (χ1v) is 5.70. The van der Waals surface area contributed by atoms with Crippen LogP contribution in [0.15, 0.2) is 29.8 Å². The number of fused-ring (bicyclic) bond motifs is 1. The van der Waals surface area contributed by atoms with Crippen molar-refractivity contribution in [3.05, 3.63) is 40.1 Å². The molecule has 18 heavy (non-hydrogen) atoms. The topological polar surface area (TPSA) is 20.7 Å². The molecule has 1 aromatic carbocycles. The largest absolute Gasteiger partial charge is 0.416 e. The molecule has 0 aliphatic heterocycles. The average molecular weight is 293 g/mol. The van der Waals surface area contributed by atoms with Crippen molar-refractivity contribution in [1.29, 1.82) is 0 Å². The minimum atomic E-state index is -4.37. The first kappa shape index (κ1) is 13.2. The van der Waals surface area contributed by atoms with Gasteiger partial charge in [0.2, 0.25) is 0 Å². The maximum absolute atomic E-state index is 12.6. The van der Waals surface area contributed by atoms with E-state index < -0.39 is 11.7 Å². The zero-order chi connectivity index (χ0) is 13.5. The molecule has 1 heterocycles. The van der Waals surface area contributed by atoms with Gasteiger partial charge < -0.3 is 9.55 Å². The highest BCUT2D eigenvalue weighted by atomic mass is 35.5. The first-order valence-electron chi connectivity index (χ1n) is 4.92. The van der Waals surface area contributed by atoms with Gasteiger partial charge >= 0.3 is 6.18 Å². The predicted octanol–water partition coefficient (Wildman–Crippen LogP) is 4.47. The number of halogens is 4. The predicted molar refractivity (Wildman–Crippen MR) is 67.1 cm³/mol. The molecule has 0 bridgehead atoms. The number of alkyl halides is 3. The maximum atomic E-state index is 12.6. The van der Waals surface area contributed by atoms with Crippen LogP contribution in [-0.4, -0.2) is 9.55 Å². The van der Waals surface area contributed by atoms with E-state index in [1.54, 1.807) is 4.57 Å². The quantitative estimate of drug-likeness (QED) is 0.810. The summed E-state index contributed by atoms with van der Waals surface area (Å²) in [4.78, 5) is 2.72. The van der Waals surface area contributed by atoms with Crippen LogP contribution in [0.5, 0.6) is 0 Å². The van der Waals surface area contributed by atoms with Gasteiger partial charge in [-0.15, -0.1) is 0 Å². The molecule has 2 nitrogen and oxygen atoms in total. The molecule has 0 fully saturated rings. The van der Waals surface area contributed by atoms with Crippen LogP contribution < -0.4 is 0 Å². The van der Waals surface area contributed by atoms with Crippen molar-refractivity contribution in [2.24, 2.45) is 0 Å². The van der Waals surface area contributed by atoms with E-state index in [2.05, 4.69) is 11.6 Å². The van der Waals surface area contributed by atoms with E-state index in [0.29, 0.717) is 20.8 Å². The van der Waals surface area contributed by atoms with Crippen molar-refractivity contribution in [1.82, 2.24) is 9.55 Å². The summed E-state index contributed by atoms with van der Waals surface area (Å²) in [6.07, 6.45) is -4.37. The van der Waals surface area contributed by atoms with Gasteiger partial charge in [-0.25, -0.2) is 0 Å². The highest BCUT2D eigenvalue weighted by Gasteiger charge is 2.30. The fourth-order valence-electron chi connectivity index (χ4n) is 1.67. The standard InChI is InChI=1S/C11H8ClF3N2S/c1-6(12)5-17-9-3-2-7(11(13,14)15)4-8(9)16-10(17)18/h2-4H,1,5H2,(H,16,18). The van der Waals surface area contributed by atoms with E-state index in [-0.39, 0.29) is 6.54 Å². The van der Waals surface area contributed by atoms with Gasteiger partial charge in [-0.1, -0.05) is 18.2 Å². The van der Waals surface area contributed by atoms with Crippen molar-refractivity contribution in [3.63, 3.8) is 0 Å². The van der Waals surface area contributed by atoms with Crippen molar-refractivity contribution in [3.8, 4) is 0 Å². The first-order chi connectivity index (χ1) is 8.29. The molecule has 0 radical (unpaired) electrons. The summed E-state index contributed by atoms with van der Waals surface area (Å²) in [7, 11) is 0. The highest BCUT2D eigenvalue weighted by molar-refractivity contribution is 7.71. The van der Waals surface area contributed by atoms with Crippen LogP contribution in [-0.2, 0) is 12.7 Å². The van der Waals surface area contributed by atoms with Crippen LogP contribution in [0.25, 0.3) is 11.0 Å². The summed E-state index contributed by atoms with van der Waals surface area (Å²) >= 11 is 10.7. The van der Waals surface area contributed by atoms with E-state index in [4.69, 9.17) is 23.8 Å². The number of allylic oxidation sites excluding steroid dienone is 1. The molecule has 0 unspecified atom stereocenters. The summed E-state index contributed by atoms with van der Waals surface area (Å²) in [5, 5.41) is 0.354. The molecular weight excluding hydrogens is 285 g/mol. The van der Waals surface area contributed by atoms with Crippen LogP contribution in [0.2, 0.25) is 0 Å². The molecule has 2 aromatic rings. The van der Waals surface area contributed by atoms with Gasteiger partial charge in [0.05, 0.1) is 23.1 Å². The van der Waals surface area contributed by atoms with Crippen LogP contribution in [0.4, 0.5) is 13.2 Å². The number of imidazole rings is 1. The average Bonchev–Trinajstić information content (AvgIpc) is 2.53. The lowest BCUT2D eigenvalue weighted by atomic mass is 10.2. The summed E-state index contributed by atoms with van der Waals surface area (Å²) < 4.78 is 39.6. The van der Waals surface area contributed by atoms with Crippen LogP contribution in [0.3, 0.4) is 0 Å². The third kappa shape index (κ3) is 2.44. The number of nitrogens with one attached hydrogen (secondary N) is 1. The molecule has 0 aliphatic carbocycles. The Labute approximate surface area is 111 Å². The molecule has 1 aromatic heterocycles. The number of hydrogen-bond donors (Lipinski definition) is 1. The zero-order valence-electron chi connectivity index (χ0n) is 9.01. The van der Waals surface area contributed by atoms with Gasteiger partial charge in [0, 0.05) is 5.03 Å². The van der Waals surface area contributed by atoms with Crippen LogP contribution in [0, 0.1) is 4.77 Å². The van der Waals surface area contributed by atoms with Gasteiger partial charge in [-0.05, 0) is 30.4 Å². The van der Waals surface area contributed by atoms with Gasteiger partial charge in [-0.3, -0.25) is 0 Å². The Balaban J connectivity index is 2.62. The summed E-state index contributed by atoms with van der Waals surface area (Å²) in [5.41, 5.74) is 0.172. The SMILES string of the molecule is C=C(Cl)Cn1c(=S)[nH]c2cc(C(F)(F)F)ccc21. The number of nitrogens with zero attached hydrogens (tertiary/aromatic N) is 1. The smallest absolute Gasteiger partial charge is 0.331 e. The Bertz CT molecular complexity index is 669. The van der Waals surface area contributed by atoms with Crippen molar-refractivity contribution >= 4 is 34.9 Å². The second kappa shape index (κ2) is 4.44. The highest BCUT2D eigenvalue weighted by Crippen LogP contribution is 2.31. The molecule has 96 valence electrons. The van der Waals surface area contributed by atoms with E-state index in [9.17, 15) is 13.2 Å². The third-order valence-corrected chi connectivity index (χ3v) is 2.87. The van der Waals surface area contributed by atoms with Crippen LogP contribution in [0.1, 0.15) is 5.56 Å². The summed E-state index contributed by atoms with van der Waals surface area (Å²) in [6.45, 7) is 3.79. The van der Waals surface area contributed by atoms with Gasteiger partial charge in [-0.2, -0.15) is 13.2 Å². The number of aromatic nitrogens is 2. The second-order valence-corrected chi connectivity index (χ2v) is 4.68. The Morgan fingerprint density at radius 2 is 2.11 bits per heavy atom. The number of H-pyrrole nitrogens is 1. The Morgan fingerprint density at radius 1 is 1.44 bits per heavy atom. The second-order valence-electron chi connectivity index (χ2n) is 3.76. The van der Waals surface area contributed by atoms with E-state index in [1.807, 2.05) is 0 Å². The number of aromatic amines is 1. The monoisotopic (exact) mass is 292 g/mol. The maximum Gasteiger partial charge on any atom is 0.416 e. The Morgan fingerprint density at radius 3 is 2.67 bits per heavy atom. The summed E-state index contributed by atoms with van der Waals surface area (Å²) in [5.74, 6) is 0. The molecular formula is C11H8ClF3N2S. The van der Waals surface area contributed by atoms with Gasteiger partial charge in [0.15, 0.2) is 4.77 Å². The van der Waals surface area contributed by atoms with E-state index in [1.165, 1.54) is 6.07 Å². The lowest BCUT2D eigenvalue weighted by Crippen LogP contribution is -2.04. The Hall–Kier alpha value is -1.27. The van der Waals surface area contributed by atoms with Gasteiger partial charge in [0.25, 0.3) is 0 Å². The molecule has 1 N–H and O–H groups in total. The third-order valence-electron chi connectivity index (χ3n) is 2.43. The molecule has 7 heteroatoms. The number of benzene rings is 1. The number of rotatable bonds is 2. The molecule has 0 amide bonds. The lowest BCUT2D eigenvalue weighted by Gasteiger charge is -2.07. The number of hydrogen-bond acceptors (Lipinski definition) is 1. The molecule has 0 saturated carbocycles. The molecule has 0 aliphatic rings. The van der Waals surface area contributed by atoms with E-state index >= 15 is 0 Å². The molecule has 0 spiro atoms. The van der Waals surface area contributed by atoms with Crippen LogP contribution >= 0.6 is 23.8 Å². The fourth-order valence-corrected chi connectivity index (χ4v) is 2.06. The fraction of sp³-hybridized carbons (Fsp3) is 0.182. The minimum Gasteiger partial charge on any atom is -0.331 e. The summed E-state index contributed by atoms with van der Waals surface area (Å²) in [6, 6.07) is 3.40.